The topological polar surface area (TPSA) is 55.2 Å². The number of amides is 1. The van der Waals surface area contributed by atoms with Gasteiger partial charge < -0.3 is 4.90 Å². The number of carbonyl (C=O) groups excluding carboxylic acids is 1. The Bertz CT molecular complexity index is 1140. The lowest BCUT2D eigenvalue weighted by Gasteiger charge is -2.31. The van der Waals surface area contributed by atoms with E-state index >= 15 is 0 Å². The first-order valence-electron chi connectivity index (χ1n) is 9.94. The fourth-order valence-electron chi connectivity index (χ4n) is 3.72. The van der Waals surface area contributed by atoms with Crippen molar-refractivity contribution in [2.24, 2.45) is 0 Å². The Morgan fingerprint density at radius 3 is 2.50 bits per heavy atom. The summed E-state index contributed by atoms with van der Waals surface area (Å²) in [5.41, 5.74) is 3.20. The van der Waals surface area contributed by atoms with Crippen LogP contribution in [0.15, 0.2) is 47.3 Å². The molecule has 1 heterocycles. The van der Waals surface area contributed by atoms with E-state index in [0.717, 1.165) is 23.2 Å². The quantitative estimate of drug-likeness (QED) is 0.495. The maximum atomic E-state index is 13.5. The molecule has 0 spiro atoms. The Morgan fingerprint density at radius 1 is 1.17 bits per heavy atom. The van der Waals surface area contributed by atoms with Crippen LogP contribution in [-0.4, -0.2) is 31.7 Å². The smallest absolute Gasteiger partial charge is 0.266 e. The van der Waals surface area contributed by atoms with Gasteiger partial charge in [-0.1, -0.05) is 60.0 Å². The van der Waals surface area contributed by atoms with Crippen molar-refractivity contribution in [2.75, 3.05) is 6.54 Å². The summed E-state index contributed by atoms with van der Waals surface area (Å²) in [5, 5.41) is 0.523. The van der Waals surface area contributed by atoms with Gasteiger partial charge in [-0.25, -0.2) is 4.98 Å². The molecule has 0 N–H and O–H groups in total. The first-order valence-corrected chi connectivity index (χ1v) is 10.8. The minimum atomic E-state index is -1.18. The van der Waals surface area contributed by atoms with Gasteiger partial charge >= 0.3 is 0 Å². The average Bonchev–Trinajstić information content (AvgIpc) is 2.71. The van der Waals surface area contributed by atoms with Crippen LogP contribution < -0.4 is 5.56 Å². The predicted octanol–water partition coefficient (Wildman–Crippen LogP) is 5.11. The van der Waals surface area contributed by atoms with Gasteiger partial charge in [0.2, 0.25) is 0 Å². The van der Waals surface area contributed by atoms with Crippen molar-refractivity contribution in [3.8, 4) is 5.69 Å². The monoisotopic (exact) mass is 445 g/mol. The summed E-state index contributed by atoms with van der Waals surface area (Å²) in [6.45, 7) is 8.23. The molecule has 1 amide bonds. The van der Waals surface area contributed by atoms with Crippen molar-refractivity contribution in [3.05, 3.63) is 69.8 Å². The summed E-state index contributed by atoms with van der Waals surface area (Å²) in [6, 6.07) is 12.6. The second-order valence-electron chi connectivity index (χ2n) is 7.43. The molecule has 1 unspecified atom stereocenters. The van der Waals surface area contributed by atoms with Crippen LogP contribution in [0.25, 0.3) is 16.6 Å². The molecule has 0 bridgehead atoms. The van der Waals surface area contributed by atoms with Crippen molar-refractivity contribution in [3.63, 3.8) is 0 Å². The zero-order valence-electron chi connectivity index (χ0n) is 17.5. The number of alkyl halides is 2. The van der Waals surface area contributed by atoms with E-state index in [9.17, 15) is 9.59 Å². The van der Waals surface area contributed by atoms with Crippen molar-refractivity contribution in [1.29, 1.82) is 0 Å². The Morgan fingerprint density at radius 2 is 1.87 bits per heavy atom. The van der Waals surface area contributed by atoms with Crippen LogP contribution in [0.1, 0.15) is 43.3 Å². The van der Waals surface area contributed by atoms with Crippen LogP contribution in [0.4, 0.5) is 0 Å². The van der Waals surface area contributed by atoms with Gasteiger partial charge in [-0.05, 0) is 51.0 Å². The number of aromatic nitrogens is 2. The second-order valence-corrected chi connectivity index (χ2v) is 8.52. The van der Waals surface area contributed by atoms with Gasteiger partial charge in [0.25, 0.3) is 11.5 Å². The number of nitrogens with zero attached hydrogens (tertiary/aromatic N) is 3. The third-order valence-corrected chi connectivity index (χ3v) is 5.54. The Hall–Kier alpha value is -2.37. The molecule has 0 aliphatic carbocycles. The number of aryl methyl sites for hydroxylation is 2. The van der Waals surface area contributed by atoms with Crippen molar-refractivity contribution >= 4 is 40.0 Å². The van der Waals surface area contributed by atoms with Crippen molar-refractivity contribution in [1.82, 2.24) is 14.5 Å². The summed E-state index contributed by atoms with van der Waals surface area (Å²) in [4.78, 5) is 31.5. The fraction of sp³-hybridized carbons (Fsp3) is 0.348. The summed E-state index contributed by atoms with van der Waals surface area (Å²) < 4.78 is 1.61. The van der Waals surface area contributed by atoms with Crippen LogP contribution in [0.5, 0.6) is 0 Å². The highest BCUT2D eigenvalue weighted by molar-refractivity contribution is 6.53. The lowest BCUT2D eigenvalue weighted by molar-refractivity contribution is -0.131. The number of fused-ring (bicyclic) bond motifs is 1. The van der Waals surface area contributed by atoms with Crippen LogP contribution in [0.2, 0.25) is 0 Å². The Balaban J connectivity index is 2.32. The fourth-order valence-corrected chi connectivity index (χ4v) is 3.97. The van der Waals surface area contributed by atoms with Crippen molar-refractivity contribution in [2.45, 2.75) is 45.0 Å². The number of hydrogen-bond donors (Lipinski definition) is 0. The first-order chi connectivity index (χ1) is 14.3. The number of benzene rings is 2. The van der Waals surface area contributed by atoms with Gasteiger partial charge in [-0.2, -0.15) is 0 Å². The molecule has 30 heavy (non-hydrogen) atoms. The Kier molecular flexibility index (Phi) is 6.84. The third kappa shape index (κ3) is 4.23. The molecule has 0 aliphatic rings. The zero-order chi connectivity index (χ0) is 22.0. The number of para-hydroxylation sites is 1. The minimum Gasteiger partial charge on any atom is -0.330 e. The van der Waals surface area contributed by atoms with E-state index in [1.165, 1.54) is 0 Å². The molecular formula is C23H25Cl2N3O2. The lowest BCUT2D eigenvalue weighted by atomic mass is 10.1. The molecule has 158 valence electrons. The highest BCUT2D eigenvalue weighted by Crippen LogP contribution is 2.26. The molecule has 3 rings (SSSR count). The number of halogens is 2. The molecule has 5 nitrogen and oxygen atoms in total. The number of rotatable bonds is 6. The van der Waals surface area contributed by atoms with Crippen LogP contribution in [0.3, 0.4) is 0 Å². The van der Waals surface area contributed by atoms with Crippen LogP contribution in [-0.2, 0) is 4.79 Å². The number of hydrogen-bond acceptors (Lipinski definition) is 3. The first kappa shape index (κ1) is 22.3. The maximum absolute atomic E-state index is 13.5. The van der Waals surface area contributed by atoms with Crippen LogP contribution in [0, 0.1) is 13.8 Å². The number of carbonyl (C=O) groups is 1. The zero-order valence-corrected chi connectivity index (χ0v) is 19.0. The van der Waals surface area contributed by atoms with E-state index in [1.54, 1.807) is 21.6 Å². The molecule has 7 heteroatoms. The molecule has 1 atom stereocenters. The predicted molar refractivity (Wildman–Crippen MR) is 123 cm³/mol. The Labute approximate surface area is 186 Å². The summed E-state index contributed by atoms with van der Waals surface area (Å²) in [7, 11) is 0. The molecule has 0 radical (unpaired) electrons. The SMILES string of the molecule is CCCN(C(=O)C(Cl)Cl)C(C)c1nc2ccccc2c(=O)n1-c1ccc(C)cc1C. The van der Waals surface area contributed by atoms with Crippen LogP contribution >= 0.6 is 23.2 Å². The van der Waals surface area contributed by atoms with Gasteiger partial charge in [-0.15, -0.1) is 0 Å². The normalized spacial score (nSPS) is 12.4. The van der Waals surface area contributed by atoms with E-state index in [-0.39, 0.29) is 5.56 Å². The molecule has 0 fully saturated rings. The molecule has 3 aromatic rings. The summed E-state index contributed by atoms with van der Waals surface area (Å²) in [5.74, 6) is 0.0729. The molecular weight excluding hydrogens is 421 g/mol. The van der Waals surface area contributed by atoms with Gasteiger partial charge in [-0.3, -0.25) is 14.2 Å². The molecule has 0 saturated heterocycles. The van der Waals surface area contributed by atoms with Gasteiger partial charge in [0.15, 0.2) is 4.84 Å². The lowest BCUT2D eigenvalue weighted by Crippen LogP contribution is -2.40. The van der Waals surface area contributed by atoms with E-state index in [2.05, 4.69) is 0 Å². The third-order valence-electron chi connectivity index (χ3n) is 5.17. The second kappa shape index (κ2) is 9.19. The van der Waals surface area contributed by atoms with E-state index in [0.29, 0.717) is 23.3 Å². The summed E-state index contributed by atoms with van der Waals surface area (Å²) >= 11 is 11.8. The molecule has 1 aromatic heterocycles. The van der Waals surface area contributed by atoms with E-state index in [4.69, 9.17) is 28.2 Å². The molecule has 0 aliphatic heterocycles. The van der Waals surface area contributed by atoms with Crippen molar-refractivity contribution < 1.29 is 4.79 Å². The van der Waals surface area contributed by atoms with E-state index < -0.39 is 16.8 Å². The highest BCUT2D eigenvalue weighted by atomic mass is 35.5. The van der Waals surface area contributed by atoms with Gasteiger partial charge in [0.1, 0.15) is 5.82 Å². The largest absolute Gasteiger partial charge is 0.330 e. The van der Waals surface area contributed by atoms with E-state index in [1.807, 2.05) is 58.0 Å². The maximum Gasteiger partial charge on any atom is 0.266 e. The minimum absolute atomic E-state index is 0.174. The molecule has 2 aromatic carbocycles. The summed E-state index contributed by atoms with van der Waals surface area (Å²) in [6.07, 6.45) is 0.720. The van der Waals surface area contributed by atoms with Gasteiger partial charge in [0, 0.05) is 6.54 Å². The molecule has 0 saturated carbocycles. The van der Waals surface area contributed by atoms with Gasteiger partial charge in [0.05, 0.1) is 22.6 Å². The highest BCUT2D eigenvalue weighted by Gasteiger charge is 2.29. The standard InChI is InChI=1S/C23H25Cl2N3O2/c1-5-12-27(23(30)20(24)25)16(4)21-26-18-9-7-6-8-17(18)22(29)28(21)19-11-10-14(2)13-15(19)3/h6-11,13,16,20H,5,12H2,1-4H3. The average molecular weight is 446 g/mol.